The van der Waals surface area contributed by atoms with Crippen molar-refractivity contribution in [1.29, 1.82) is 0 Å². The maximum Gasteiger partial charge on any atom is 0.185 e. The van der Waals surface area contributed by atoms with Gasteiger partial charge in [0.2, 0.25) is 0 Å². The number of hydrogen-bond acceptors (Lipinski definition) is 6. The van der Waals surface area contributed by atoms with Gasteiger partial charge in [-0.1, -0.05) is 0 Å². The van der Waals surface area contributed by atoms with Gasteiger partial charge in [0, 0.05) is 51.4 Å². The molecule has 0 aliphatic carbocycles. The summed E-state index contributed by atoms with van der Waals surface area (Å²) in [6.45, 7) is 10.6. The van der Waals surface area contributed by atoms with E-state index in [1.165, 1.54) is 0 Å². The number of nitrogens with zero attached hydrogens (tertiary/aromatic N) is 2. The average molecular weight is 315 g/mol. The van der Waals surface area contributed by atoms with Crippen molar-refractivity contribution < 1.29 is 9.47 Å². The van der Waals surface area contributed by atoms with Crippen LogP contribution in [0.5, 0.6) is 0 Å². The van der Waals surface area contributed by atoms with Crippen molar-refractivity contribution in [3.05, 3.63) is 11.1 Å². The first-order chi connectivity index (χ1) is 9.96. The standard InChI is InChI=1S/C15H29N3O2S/c1-15(2,3)16-11-13-12-21-14(17-13)18(8-10-20-5)7-6-9-19-4/h12,16H,6-11H2,1-5H3. The van der Waals surface area contributed by atoms with E-state index in [1.54, 1.807) is 25.6 Å². The van der Waals surface area contributed by atoms with Crippen molar-refractivity contribution in [2.75, 3.05) is 45.4 Å². The largest absolute Gasteiger partial charge is 0.385 e. The van der Waals surface area contributed by atoms with Crippen molar-refractivity contribution in [2.24, 2.45) is 0 Å². The van der Waals surface area contributed by atoms with Crippen LogP contribution in [0, 0.1) is 0 Å². The van der Waals surface area contributed by atoms with Gasteiger partial charge in [-0.2, -0.15) is 0 Å². The van der Waals surface area contributed by atoms with Gasteiger partial charge in [-0.15, -0.1) is 11.3 Å². The molecule has 1 aromatic rings. The monoisotopic (exact) mass is 315 g/mol. The second-order valence-corrected chi connectivity index (χ2v) is 6.89. The molecule has 0 amide bonds. The van der Waals surface area contributed by atoms with E-state index < -0.39 is 0 Å². The summed E-state index contributed by atoms with van der Waals surface area (Å²) < 4.78 is 10.3. The fraction of sp³-hybridized carbons (Fsp3) is 0.800. The maximum absolute atomic E-state index is 5.19. The molecule has 0 aliphatic rings. The third-order valence-electron chi connectivity index (χ3n) is 2.95. The molecule has 5 nitrogen and oxygen atoms in total. The van der Waals surface area contributed by atoms with Gasteiger partial charge in [0.15, 0.2) is 5.13 Å². The van der Waals surface area contributed by atoms with Crippen LogP contribution in [0.25, 0.3) is 0 Å². The number of ether oxygens (including phenoxy) is 2. The first-order valence-corrected chi connectivity index (χ1v) is 8.26. The highest BCUT2D eigenvalue weighted by molar-refractivity contribution is 7.13. The molecule has 0 saturated heterocycles. The van der Waals surface area contributed by atoms with E-state index in [-0.39, 0.29) is 5.54 Å². The fourth-order valence-corrected chi connectivity index (χ4v) is 2.66. The number of nitrogens with one attached hydrogen (secondary N) is 1. The summed E-state index contributed by atoms with van der Waals surface area (Å²) in [6.07, 6.45) is 0.995. The van der Waals surface area contributed by atoms with Gasteiger partial charge in [0.05, 0.1) is 12.3 Å². The Kier molecular flexibility index (Phi) is 8.18. The van der Waals surface area contributed by atoms with Gasteiger partial charge in [0.25, 0.3) is 0 Å². The maximum atomic E-state index is 5.19. The lowest BCUT2D eigenvalue weighted by atomic mass is 10.1. The lowest BCUT2D eigenvalue weighted by molar-refractivity contribution is 0.191. The second-order valence-electron chi connectivity index (χ2n) is 6.05. The van der Waals surface area contributed by atoms with Crippen molar-refractivity contribution in [3.8, 4) is 0 Å². The third-order valence-corrected chi connectivity index (χ3v) is 3.90. The zero-order chi connectivity index (χ0) is 15.7. The molecule has 0 atom stereocenters. The smallest absolute Gasteiger partial charge is 0.185 e. The highest BCUT2D eigenvalue weighted by atomic mass is 32.1. The molecule has 122 valence electrons. The molecule has 0 spiro atoms. The number of anilines is 1. The summed E-state index contributed by atoms with van der Waals surface area (Å²) in [5.41, 5.74) is 1.21. The van der Waals surface area contributed by atoms with Crippen LogP contribution in [0.1, 0.15) is 32.9 Å². The van der Waals surface area contributed by atoms with Crippen LogP contribution in [0.3, 0.4) is 0 Å². The fourth-order valence-electron chi connectivity index (χ4n) is 1.78. The predicted octanol–water partition coefficient (Wildman–Crippen LogP) is 2.52. The zero-order valence-corrected chi connectivity index (χ0v) is 14.8. The van der Waals surface area contributed by atoms with Crippen molar-refractivity contribution in [1.82, 2.24) is 10.3 Å². The zero-order valence-electron chi connectivity index (χ0n) is 13.9. The van der Waals surface area contributed by atoms with E-state index in [1.807, 2.05) is 0 Å². The average Bonchev–Trinajstić information content (AvgIpc) is 2.88. The molecule has 1 N–H and O–H groups in total. The first-order valence-electron chi connectivity index (χ1n) is 7.38. The van der Waals surface area contributed by atoms with Crippen LogP contribution in [0.4, 0.5) is 5.13 Å². The summed E-state index contributed by atoms with van der Waals surface area (Å²) in [6, 6.07) is 0. The molecule has 0 fully saturated rings. The van der Waals surface area contributed by atoms with E-state index in [0.29, 0.717) is 6.61 Å². The molecular formula is C15H29N3O2S. The number of hydrogen-bond donors (Lipinski definition) is 1. The molecule has 0 unspecified atom stereocenters. The van der Waals surface area contributed by atoms with Gasteiger partial charge < -0.3 is 19.7 Å². The third kappa shape index (κ3) is 7.76. The second kappa shape index (κ2) is 9.35. The Morgan fingerprint density at radius 3 is 2.52 bits per heavy atom. The Morgan fingerprint density at radius 1 is 1.19 bits per heavy atom. The van der Waals surface area contributed by atoms with E-state index in [2.05, 4.69) is 36.4 Å². The molecule has 21 heavy (non-hydrogen) atoms. The van der Waals surface area contributed by atoms with Gasteiger partial charge >= 0.3 is 0 Å². The molecule has 1 aromatic heterocycles. The summed E-state index contributed by atoms with van der Waals surface area (Å²) >= 11 is 1.70. The van der Waals surface area contributed by atoms with E-state index in [4.69, 9.17) is 14.5 Å². The van der Waals surface area contributed by atoms with Crippen molar-refractivity contribution in [3.63, 3.8) is 0 Å². The molecular weight excluding hydrogens is 286 g/mol. The Morgan fingerprint density at radius 2 is 1.90 bits per heavy atom. The summed E-state index contributed by atoms with van der Waals surface area (Å²) in [4.78, 5) is 7.00. The Hall–Kier alpha value is -0.690. The normalized spacial score (nSPS) is 11.9. The Labute approximate surface area is 132 Å². The highest BCUT2D eigenvalue weighted by Crippen LogP contribution is 2.21. The van der Waals surface area contributed by atoms with Gasteiger partial charge in [-0.05, 0) is 27.2 Å². The number of aromatic nitrogens is 1. The lowest BCUT2D eigenvalue weighted by Gasteiger charge is -2.21. The van der Waals surface area contributed by atoms with E-state index >= 15 is 0 Å². The van der Waals surface area contributed by atoms with Gasteiger partial charge in [-0.25, -0.2) is 4.98 Å². The number of thiazole rings is 1. The SMILES string of the molecule is COCCCN(CCOC)c1nc(CNC(C)(C)C)cs1. The Bertz CT molecular complexity index is 391. The van der Waals surface area contributed by atoms with E-state index in [9.17, 15) is 0 Å². The summed E-state index contributed by atoms with van der Waals surface area (Å²) in [5.74, 6) is 0. The van der Waals surface area contributed by atoms with Gasteiger partial charge in [-0.3, -0.25) is 0 Å². The molecule has 0 saturated carbocycles. The highest BCUT2D eigenvalue weighted by Gasteiger charge is 2.13. The van der Waals surface area contributed by atoms with Crippen molar-refractivity contribution in [2.45, 2.75) is 39.3 Å². The van der Waals surface area contributed by atoms with Gasteiger partial charge in [0.1, 0.15) is 0 Å². The van der Waals surface area contributed by atoms with Crippen LogP contribution in [-0.2, 0) is 16.0 Å². The lowest BCUT2D eigenvalue weighted by Crippen LogP contribution is -2.35. The molecule has 0 radical (unpaired) electrons. The Balaban J connectivity index is 2.58. The number of methoxy groups -OCH3 is 2. The van der Waals surface area contributed by atoms with Crippen LogP contribution in [0.2, 0.25) is 0 Å². The topological polar surface area (TPSA) is 46.6 Å². The molecule has 1 heterocycles. The minimum atomic E-state index is 0.109. The molecule has 1 rings (SSSR count). The van der Waals surface area contributed by atoms with Crippen LogP contribution in [0.15, 0.2) is 5.38 Å². The molecule has 0 aromatic carbocycles. The minimum absolute atomic E-state index is 0.109. The minimum Gasteiger partial charge on any atom is -0.385 e. The quantitative estimate of drug-likeness (QED) is 0.672. The van der Waals surface area contributed by atoms with Crippen LogP contribution in [-0.4, -0.2) is 51.0 Å². The molecule has 0 aliphatic heterocycles. The molecule has 6 heteroatoms. The number of rotatable bonds is 10. The van der Waals surface area contributed by atoms with Crippen LogP contribution < -0.4 is 10.2 Å². The summed E-state index contributed by atoms with van der Waals surface area (Å²) in [7, 11) is 3.47. The van der Waals surface area contributed by atoms with E-state index in [0.717, 1.165) is 43.5 Å². The predicted molar refractivity (Wildman–Crippen MR) is 89.3 cm³/mol. The first kappa shape index (κ1) is 18.4. The van der Waals surface area contributed by atoms with Crippen molar-refractivity contribution >= 4 is 16.5 Å². The van der Waals surface area contributed by atoms with Crippen LogP contribution >= 0.6 is 11.3 Å². The summed E-state index contributed by atoms with van der Waals surface area (Å²) in [5, 5.41) is 6.66. The molecule has 0 bridgehead atoms.